The maximum atomic E-state index is 5.50. The molecule has 0 atom stereocenters. The molecule has 4 rings (SSSR count). The summed E-state index contributed by atoms with van der Waals surface area (Å²) in [4.78, 5) is 9.37. The topological polar surface area (TPSA) is 68.3 Å². The molecule has 6 nitrogen and oxygen atoms in total. The van der Waals surface area contributed by atoms with E-state index in [1.807, 2.05) is 79.7 Å². The van der Waals surface area contributed by atoms with Crippen molar-refractivity contribution >= 4 is 28.4 Å². The van der Waals surface area contributed by atoms with Gasteiger partial charge in [-0.15, -0.1) is 0 Å². The van der Waals surface area contributed by atoms with Gasteiger partial charge in [0.1, 0.15) is 17.3 Å². The van der Waals surface area contributed by atoms with Crippen molar-refractivity contribution in [3.05, 3.63) is 78.4 Å². The number of nitrogens with one attached hydrogen (secondary N) is 2. The number of hydrogen-bond acceptors (Lipinski definition) is 6. The SMILES string of the molecule is CCOc1ccc(Nc2nc(NCc3ccc(OC)cc3)c3ccccc3n2)cc1. The Morgan fingerprint density at radius 3 is 2.30 bits per heavy atom. The number of anilines is 3. The molecule has 0 spiro atoms. The van der Waals surface area contributed by atoms with Crippen molar-refractivity contribution in [1.82, 2.24) is 9.97 Å². The first-order chi connectivity index (χ1) is 14.7. The lowest BCUT2D eigenvalue weighted by molar-refractivity contribution is 0.340. The van der Waals surface area contributed by atoms with Crippen LogP contribution in [0.1, 0.15) is 12.5 Å². The molecule has 152 valence electrons. The third-order valence-corrected chi connectivity index (χ3v) is 4.64. The van der Waals surface area contributed by atoms with E-state index in [4.69, 9.17) is 14.5 Å². The number of fused-ring (bicyclic) bond motifs is 1. The fraction of sp³-hybridized carbons (Fsp3) is 0.167. The molecule has 2 N–H and O–H groups in total. The predicted molar refractivity (Wildman–Crippen MR) is 121 cm³/mol. The second-order valence-corrected chi connectivity index (χ2v) is 6.70. The number of benzene rings is 3. The maximum Gasteiger partial charge on any atom is 0.229 e. The molecule has 0 saturated carbocycles. The zero-order valence-electron chi connectivity index (χ0n) is 17.1. The van der Waals surface area contributed by atoms with Crippen LogP contribution in [0.15, 0.2) is 72.8 Å². The molecule has 0 radical (unpaired) electrons. The summed E-state index contributed by atoms with van der Waals surface area (Å²) in [5, 5.41) is 7.70. The van der Waals surface area contributed by atoms with Crippen LogP contribution in [0.3, 0.4) is 0 Å². The Morgan fingerprint density at radius 1 is 0.833 bits per heavy atom. The van der Waals surface area contributed by atoms with E-state index < -0.39 is 0 Å². The molecule has 0 aliphatic heterocycles. The number of rotatable bonds is 8. The Morgan fingerprint density at radius 2 is 1.57 bits per heavy atom. The molecule has 0 unspecified atom stereocenters. The normalized spacial score (nSPS) is 10.6. The second-order valence-electron chi connectivity index (χ2n) is 6.70. The van der Waals surface area contributed by atoms with Gasteiger partial charge in [-0.05, 0) is 61.0 Å². The zero-order valence-corrected chi connectivity index (χ0v) is 17.1. The van der Waals surface area contributed by atoms with Gasteiger partial charge < -0.3 is 20.1 Å². The Hall–Kier alpha value is -3.80. The standard InChI is InChI=1S/C24H24N4O2/c1-3-30-20-14-10-18(11-15-20)26-24-27-22-7-5-4-6-21(22)23(28-24)25-16-17-8-12-19(29-2)13-9-17/h4-15H,3,16H2,1-2H3,(H2,25,26,27,28). The average molecular weight is 400 g/mol. The van der Waals surface area contributed by atoms with Crippen LogP contribution in [-0.2, 0) is 6.54 Å². The van der Waals surface area contributed by atoms with Crippen molar-refractivity contribution in [1.29, 1.82) is 0 Å². The monoisotopic (exact) mass is 400 g/mol. The van der Waals surface area contributed by atoms with Crippen molar-refractivity contribution < 1.29 is 9.47 Å². The Labute approximate surface area is 175 Å². The molecule has 30 heavy (non-hydrogen) atoms. The van der Waals surface area contributed by atoms with Crippen LogP contribution in [0, 0.1) is 0 Å². The van der Waals surface area contributed by atoms with Gasteiger partial charge in [0.25, 0.3) is 0 Å². The lowest BCUT2D eigenvalue weighted by Crippen LogP contribution is -2.05. The molecule has 0 bridgehead atoms. The van der Waals surface area contributed by atoms with Gasteiger partial charge in [-0.2, -0.15) is 4.98 Å². The molecule has 1 heterocycles. The predicted octanol–water partition coefficient (Wildman–Crippen LogP) is 5.39. The first-order valence-corrected chi connectivity index (χ1v) is 9.88. The highest BCUT2D eigenvalue weighted by Gasteiger charge is 2.08. The molecule has 0 aliphatic rings. The van der Waals surface area contributed by atoms with Crippen molar-refractivity contribution in [2.24, 2.45) is 0 Å². The number of para-hydroxylation sites is 1. The Bertz CT molecular complexity index is 1110. The van der Waals surface area contributed by atoms with Crippen molar-refractivity contribution in [3.63, 3.8) is 0 Å². The van der Waals surface area contributed by atoms with Gasteiger partial charge in [-0.3, -0.25) is 0 Å². The van der Waals surface area contributed by atoms with Gasteiger partial charge in [0.2, 0.25) is 5.95 Å². The van der Waals surface area contributed by atoms with Crippen LogP contribution in [0.25, 0.3) is 10.9 Å². The highest BCUT2D eigenvalue weighted by atomic mass is 16.5. The van der Waals surface area contributed by atoms with E-state index in [9.17, 15) is 0 Å². The summed E-state index contributed by atoms with van der Waals surface area (Å²) in [6.45, 7) is 3.26. The van der Waals surface area contributed by atoms with E-state index in [2.05, 4.69) is 15.6 Å². The van der Waals surface area contributed by atoms with Crippen molar-refractivity contribution in [2.75, 3.05) is 24.4 Å². The summed E-state index contributed by atoms with van der Waals surface area (Å²) < 4.78 is 10.7. The fourth-order valence-electron chi connectivity index (χ4n) is 3.13. The average Bonchev–Trinajstić information content (AvgIpc) is 2.79. The summed E-state index contributed by atoms with van der Waals surface area (Å²) in [6.07, 6.45) is 0. The largest absolute Gasteiger partial charge is 0.497 e. The number of ether oxygens (including phenoxy) is 2. The van der Waals surface area contributed by atoms with Gasteiger partial charge in [0, 0.05) is 17.6 Å². The van der Waals surface area contributed by atoms with Crippen LogP contribution in [0.4, 0.5) is 17.5 Å². The number of aromatic nitrogens is 2. The summed E-state index contributed by atoms with van der Waals surface area (Å²) in [7, 11) is 1.67. The first-order valence-electron chi connectivity index (χ1n) is 9.88. The van der Waals surface area contributed by atoms with E-state index >= 15 is 0 Å². The summed E-state index contributed by atoms with van der Waals surface area (Å²) >= 11 is 0. The molecule has 4 aromatic rings. The van der Waals surface area contributed by atoms with Gasteiger partial charge in [-0.1, -0.05) is 24.3 Å². The minimum atomic E-state index is 0.537. The molecule has 0 fully saturated rings. The van der Waals surface area contributed by atoms with Crippen LogP contribution in [0.2, 0.25) is 0 Å². The van der Waals surface area contributed by atoms with E-state index in [-0.39, 0.29) is 0 Å². The second kappa shape index (κ2) is 9.13. The molecule has 1 aromatic heterocycles. The highest BCUT2D eigenvalue weighted by molar-refractivity contribution is 5.90. The lowest BCUT2D eigenvalue weighted by atomic mass is 10.2. The molecular weight excluding hydrogens is 376 g/mol. The van der Waals surface area contributed by atoms with Gasteiger partial charge in [0.05, 0.1) is 19.2 Å². The van der Waals surface area contributed by atoms with Crippen LogP contribution >= 0.6 is 0 Å². The quantitative estimate of drug-likeness (QED) is 0.413. The minimum absolute atomic E-state index is 0.537. The van der Waals surface area contributed by atoms with E-state index in [0.29, 0.717) is 19.1 Å². The molecule has 6 heteroatoms. The smallest absolute Gasteiger partial charge is 0.229 e. The highest BCUT2D eigenvalue weighted by Crippen LogP contribution is 2.25. The molecule has 3 aromatic carbocycles. The lowest BCUT2D eigenvalue weighted by Gasteiger charge is -2.12. The molecule has 0 saturated heterocycles. The third kappa shape index (κ3) is 4.60. The molecule has 0 amide bonds. The molecular formula is C24H24N4O2. The van der Waals surface area contributed by atoms with Crippen LogP contribution in [0.5, 0.6) is 11.5 Å². The Balaban J connectivity index is 1.56. The summed E-state index contributed by atoms with van der Waals surface area (Å²) in [6, 6.07) is 23.7. The van der Waals surface area contributed by atoms with Crippen LogP contribution < -0.4 is 20.1 Å². The summed E-state index contributed by atoms with van der Waals surface area (Å²) in [5.41, 5.74) is 2.91. The maximum absolute atomic E-state index is 5.50. The fourth-order valence-corrected chi connectivity index (χ4v) is 3.13. The van der Waals surface area contributed by atoms with Gasteiger partial charge in [0.15, 0.2) is 0 Å². The first kappa shape index (κ1) is 19.5. The summed E-state index contributed by atoms with van der Waals surface area (Å²) in [5.74, 6) is 3.00. The third-order valence-electron chi connectivity index (χ3n) is 4.64. The van der Waals surface area contributed by atoms with E-state index in [0.717, 1.165) is 39.5 Å². The van der Waals surface area contributed by atoms with Crippen LogP contribution in [-0.4, -0.2) is 23.7 Å². The van der Waals surface area contributed by atoms with Crippen molar-refractivity contribution in [2.45, 2.75) is 13.5 Å². The number of nitrogens with zero attached hydrogens (tertiary/aromatic N) is 2. The van der Waals surface area contributed by atoms with Gasteiger partial charge >= 0.3 is 0 Å². The Kier molecular flexibility index (Phi) is 5.94. The van der Waals surface area contributed by atoms with Gasteiger partial charge in [-0.25, -0.2) is 4.98 Å². The van der Waals surface area contributed by atoms with E-state index in [1.54, 1.807) is 7.11 Å². The zero-order chi connectivity index (χ0) is 20.8. The van der Waals surface area contributed by atoms with E-state index in [1.165, 1.54) is 0 Å². The number of hydrogen-bond donors (Lipinski definition) is 2. The molecule has 0 aliphatic carbocycles. The minimum Gasteiger partial charge on any atom is -0.497 e. The van der Waals surface area contributed by atoms with Crippen molar-refractivity contribution in [3.8, 4) is 11.5 Å². The number of methoxy groups -OCH3 is 1.